The van der Waals surface area contributed by atoms with Crippen LogP contribution in [0.1, 0.15) is 28.8 Å². The first-order valence-corrected chi connectivity index (χ1v) is 11.6. The van der Waals surface area contributed by atoms with Gasteiger partial charge in [-0.15, -0.1) is 0 Å². The predicted octanol–water partition coefficient (Wildman–Crippen LogP) is 3.98. The third-order valence-electron chi connectivity index (χ3n) is 5.78. The first kappa shape index (κ1) is 24.5. The summed E-state index contributed by atoms with van der Waals surface area (Å²) in [4.78, 5) is 26.5. The molecule has 0 aliphatic carbocycles. The van der Waals surface area contributed by atoms with Crippen LogP contribution in [0.2, 0.25) is 5.02 Å². The molecule has 0 radical (unpaired) electrons. The molecule has 0 saturated carbocycles. The highest BCUT2D eigenvalue weighted by molar-refractivity contribution is 6.32. The van der Waals surface area contributed by atoms with Gasteiger partial charge in [0.25, 0.3) is 11.8 Å². The lowest BCUT2D eigenvalue weighted by atomic mass is 10.0. The van der Waals surface area contributed by atoms with Gasteiger partial charge >= 0.3 is 0 Å². The lowest BCUT2D eigenvalue weighted by molar-refractivity contribution is -0.133. The van der Waals surface area contributed by atoms with Gasteiger partial charge in [-0.3, -0.25) is 9.59 Å². The Balaban J connectivity index is 1.42. The minimum absolute atomic E-state index is 0.0775. The molecule has 2 amide bonds. The van der Waals surface area contributed by atoms with E-state index in [0.29, 0.717) is 12.3 Å². The summed E-state index contributed by atoms with van der Waals surface area (Å²) in [6, 6.07) is 15.3. The van der Waals surface area contributed by atoms with Crippen molar-refractivity contribution in [3.8, 4) is 11.5 Å². The van der Waals surface area contributed by atoms with Crippen LogP contribution < -0.4 is 10.2 Å². The third kappa shape index (κ3) is 6.09. The van der Waals surface area contributed by atoms with Crippen LogP contribution in [0.15, 0.2) is 59.7 Å². The molecule has 3 aromatic carbocycles. The number of amides is 2. The highest BCUT2D eigenvalue weighted by Crippen LogP contribution is 2.28. The molecule has 1 heterocycles. The fraction of sp³-hybridized carbons (Fsp3) is 0.269. The number of fused-ring (bicyclic) bond motifs is 1. The Morgan fingerprint density at radius 1 is 1.23 bits per heavy atom. The van der Waals surface area contributed by atoms with Gasteiger partial charge in [0.05, 0.1) is 17.3 Å². The average molecular weight is 496 g/mol. The molecular weight excluding hydrogens is 470 g/mol. The van der Waals surface area contributed by atoms with E-state index < -0.39 is 5.91 Å². The number of nitrogens with zero attached hydrogens (tertiary/aromatic N) is 2. The van der Waals surface area contributed by atoms with Crippen molar-refractivity contribution in [3.63, 3.8) is 0 Å². The molecule has 1 fully saturated rings. The van der Waals surface area contributed by atoms with Crippen molar-refractivity contribution < 1.29 is 24.2 Å². The Bertz CT molecular complexity index is 1260. The van der Waals surface area contributed by atoms with E-state index in [1.54, 1.807) is 18.0 Å². The normalized spacial score (nSPS) is 15.4. The lowest BCUT2D eigenvalue weighted by Crippen LogP contribution is -2.37. The topological polar surface area (TPSA) is 100 Å². The van der Waals surface area contributed by atoms with Crippen LogP contribution in [-0.4, -0.2) is 60.9 Å². The predicted molar refractivity (Wildman–Crippen MR) is 134 cm³/mol. The van der Waals surface area contributed by atoms with Gasteiger partial charge in [0.15, 0.2) is 6.61 Å². The number of nitrogens with one attached hydrogen (secondary N) is 1. The summed E-state index contributed by atoms with van der Waals surface area (Å²) in [5.74, 6) is -0.0960. The second-order valence-electron chi connectivity index (χ2n) is 8.26. The summed E-state index contributed by atoms with van der Waals surface area (Å²) in [7, 11) is 1.76. The molecule has 0 aromatic heterocycles. The van der Waals surface area contributed by atoms with Gasteiger partial charge in [-0.2, -0.15) is 5.10 Å². The fourth-order valence-corrected chi connectivity index (χ4v) is 4.03. The molecule has 1 aliphatic rings. The maximum atomic E-state index is 12.5. The van der Waals surface area contributed by atoms with Crippen LogP contribution in [0.25, 0.3) is 10.8 Å². The summed E-state index contributed by atoms with van der Waals surface area (Å²) in [6.07, 6.45) is 3.62. The van der Waals surface area contributed by atoms with Crippen molar-refractivity contribution in [2.24, 2.45) is 5.10 Å². The zero-order chi connectivity index (χ0) is 24.8. The van der Waals surface area contributed by atoms with Gasteiger partial charge in [-0.1, -0.05) is 35.9 Å². The van der Waals surface area contributed by atoms with E-state index in [2.05, 4.69) is 10.5 Å². The van der Waals surface area contributed by atoms with E-state index in [-0.39, 0.29) is 35.0 Å². The van der Waals surface area contributed by atoms with Crippen molar-refractivity contribution >= 4 is 40.4 Å². The van der Waals surface area contributed by atoms with E-state index in [0.717, 1.165) is 35.8 Å². The van der Waals surface area contributed by atoms with Crippen LogP contribution in [0.3, 0.4) is 0 Å². The zero-order valence-electron chi connectivity index (χ0n) is 19.2. The number of halogens is 1. The zero-order valence-corrected chi connectivity index (χ0v) is 20.0. The van der Waals surface area contributed by atoms with Gasteiger partial charge in [0, 0.05) is 36.7 Å². The number of hydrazone groups is 1. The van der Waals surface area contributed by atoms with Crippen molar-refractivity contribution in [2.45, 2.75) is 18.9 Å². The number of ether oxygens (including phenoxy) is 2. The van der Waals surface area contributed by atoms with Crippen molar-refractivity contribution in [1.82, 2.24) is 10.3 Å². The summed E-state index contributed by atoms with van der Waals surface area (Å²) in [5, 5.41) is 15.3. The van der Waals surface area contributed by atoms with E-state index >= 15 is 0 Å². The van der Waals surface area contributed by atoms with Gasteiger partial charge in [0.1, 0.15) is 11.5 Å². The van der Waals surface area contributed by atoms with E-state index in [9.17, 15) is 14.7 Å². The van der Waals surface area contributed by atoms with Gasteiger partial charge in [-0.05, 0) is 48.6 Å². The van der Waals surface area contributed by atoms with Crippen molar-refractivity contribution in [3.05, 3.63) is 70.7 Å². The molecule has 182 valence electrons. The van der Waals surface area contributed by atoms with Crippen LogP contribution in [-0.2, 0) is 9.53 Å². The van der Waals surface area contributed by atoms with E-state index in [1.807, 2.05) is 30.3 Å². The SMILES string of the molecule is CN(CC1CCCO1)C(=O)COc1ccc(/C=N/NC(=O)c2ccc(O)c(Cl)c2)c2ccccc12. The molecule has 1 aliphatic heterocycles. The molecule has 3 aromatic rings. The number of hydrogen-bond donors (Lipinski definition) is 2. The smallest absolute Gasteiger partial charge is 0.271 e. The van der Waals surface area contributed by atoms with Crippen molar-refractivity contribution in [2.75, 3.05) is 26.8 Å². The number of benzene rings is 3. The number of hydrogen-bond acceptors (Lipinski definition) is 6. The minimum atomic E-state index is -0.460. The van der Waals surface area contributed by atoms with Gasteiger partial charge in [0.2, 0.25) is 0 Å². The first-order chi connectivity index (χ1) is 16.9. The lowest BCUT2D eigenvalue weighted by Gasteiger charge is -2.21. The standard InChI is InChI=1S/C26H26ClN3O5/c1-30(15-19-5-4-12-34-19)25(32)16-35-24-11-9-18(20-6-2-3-7-21(20)24)14-28-29-26(33)17-8-10-23(31)22(27)13-17/h2-3,6-11,13-14,19,31H,4-5,12,15-16H2,1H3,(H,29,33)/b28-14+. The van der Waals surface area contributed by atoms with Crippen LogP contribution in [0, 0.1) is 0 Å². The van der Waals surface area contributed by atoms with E-state index in [1.165, 1.54) is 24.4 Å². The highest BCUT2D eigenvalue weighted by Gasteiger charge is 2.20. The minimum Gasteiger partial charge on any atom is -0.506 e. The Labute approximate surface area is 208 Å². The molecule has 1 atom stereocenters. The third-order valence-corrected chi connectivity index (χ3v) is 6.08. The average Bonchev–Trinajstić information content (AvgIpc) is 3.37. The van der Waals surface area contributed by atoms with Crippen LogP contribution in [0.4, 0.5) is 0 Å². The second-order valence-corrected chi connectivity index (χ2v) is 8.67. The molecule has 1 saturated heterocycles. The molecular formula is C26H26ClN3O5. The molecule has 0 bridgehead atoms. The Hall–Kier alpha value is -3.62. The number of phenols is 1. The summed E-state index contributed by atoms with van der Waals surface area (Å²) in [6.45, 7) is 1.23. The number of phenolic OH excluding ortho intramolecular Hbond substituents is 1. The van der Waals surface area contributed by atoms with Crippen molar-refractivity contribution in [1.29, 1.82) is 0 Å². The Morgan fingerprint density at radius 3 is 2.77 bits per heavy atom. The molecule has 8 nitrogen and oxygen atoms in total. The molecule has 9 heteroatoms. The molecule has 1 unspecified atom stereocenters. The largest absolute Gasteiger partial charge is 0.506 e. The maximum absolute atomic E-state index is 12.5. The summed E-state index contributed by atoms with van der Waals surface area (Å²) < 4.78 is 11.5. The summed E-state index contributed by atoms with van der Waals surface area (Å²) in [5.41, 5.74) is 3.49. The number of carbonyl (C=O) groups is 2. The monoisotopic (exact) mass is 495 g/mol. The first-order valence-electron chi connectivity index (χ1n) is 11.2. The van der Waals surface area contributed by atoms with Gasteiger partial charge < -0.3 is 19.5 Å². The fourth-order valence-electron chi connectivity index (χ4n) is 3.85. The molecule has 0 spiro atoms. The molecule has 35 heavy (non-hydrogen) atoms. The maximum Gasteiger partial charge on any atom is 0.271 e. The van der Waals surface area contributed by atoms with Crippen LogP contribution >= 0.6 is 11.6 Å². The number of aromatic hydroxyl groups is 1. The Morgan fingerprint density at radius 2 is 2.03 bits per heavy atom. The quantitative estimate of drug-likeness (QED) is 0.363. The van der Waals surface area contributed by atoms with Crippen LogP contribution in [0.5, 0.6) is 11.5 Å². The number of carbonyl (C=O) groups excluding carboxylic acids is 2. The highest BCUT2D eigenvalue weighted by atomic mass is 35.5. The van der Waals surface area contributed by atoms with Gasteiger partial charge in [-0.25, -0.2) is 5.43 Å². The second kappa shape index (κ2) is 11.2. The molecule has 4 rings (SSSR count). The number of rotatable bonds is 8. The molecule has 2 N–H and O–H groups in total. The Kier molecular flexibility index (Phi) is 7.84. The van der Waals surface area contributed by atoms with E-state index in [4.69, 9.17) is 21.1 Å². The number of likely N-dealkylation sites (N-methyl/N-ethyl adjacent to an activating group) is 1. The summed E-state index contributed by atoms with van der Waals surface area (Å²) >= 11 is 5.86.